The van der Waals surface area contributed by atoms with Gasteiger partial charge in [-0.2, -0.15) is 0 Å². The second kappa shape index (κ2) is 10.0. The van der Waals surface area contributed by atoms with Gasteiger partial charge in [0.15, 0.2) is 0 Å². The Morgan fingerprint density at radius 3 is 1.12 bits per heavy atom. The molecule has 0 rings (SSSR count). The molecule has 4 N–H and O–H groups in total. The molecule has 0 radical (unpaired) electrons. The van der Waals surface area contributed by atoms with Gasteiger partial charge in [-0.3, -0.25) is 0 Å². The minimum absolute atomic E-state index is 0.597. The van der Waals surface area contributed by atoms with Crippen molar-refractivity contribution in [2.75, 3.05) is 13.1 Å². The van der Waals surface area contributed by atoms with Crippen LogP contribution in [0, 0.1) is 5.92 Å². The van der Waals surface area contributed by atoms with E-state index in [1.807, 2.05) is 0 Å². The average molecular weight is 118 g/mol. The van der Waals surface area contributed by atoms with Gasteiger partial charge in [-0.05, 0) is 5.92 Å². The van der Waals surface area contributed by atoms with Crippen molar-refractivity contribution >= 4 is 0 Å². The number of rotatable bonds is 1. The summed E-state index contributed by atoms with van der Waals surface area (Å²) in [7, 11) is 0. The predicted molar refractivity (Wildman–Crippen MR) is 38.6 cm³/mol. The molecule has 2 heteroatoms. The van der Waals surface area contributed by atoms with E-state index in [0.29, 0.717) is 13.1 Å². The summed E-state index contributed by atoms with van der Waals surface area (Å²) in [5, 5.41) is 0. The zero-order chi connectivity index (χ0) is 6.99. The lowest BCUT2D eigenvalue weighted by Gasteiger charge is -1.79. The second-order valence-electron chi connectivity index (χ2n) is 2.31. The fraction of sp³-hybridized carbons (Fsp3) is 1.00. The molecule has 0 aliphatic heterocycles. The Labute approximate surface area is 52.2 Å². The summed E-state index contributed by atoms with van der Waals surface area (Å²) in [6, 6.07) is 0. The molecule has 0 aliphatic rings. The predicted octanol–water partition coefficient (Wildman–Crippen LogP) is 0.566. The fourth-order valence-electron chi connectivity index (χ4n) is 0. The van der Waals surface area contributed by atoms with Crippen molar-refractivity contribution in [1.29, 1.82) is 0 Å². The van der Waals surface area contributed by atoms with Crippen molar-refractivity contribution in [1.82, 2.24) is 0 Å². The molecule has 0 saturated heterocycles. The molecule has 8 heavy (non-hydrogen) atoms. The molecule has 0 heterocycles. The van der Waals surface area contributed by atoms with E-state index in [4.69, 9.17) is 11.5 Å². The molecule has 52 valence electrons. The van der Waals surface area contributed by atoms with Gasteiger partial charge in [-0.1, -0.05) is 20.8 Å². The first-order valence-electron chi connectivity index (χ1n) is 3.05. The van der Waals surface area contributed by atoms with Crippen LogP contribution in [0.2, 0.25) is 0 Å². The maximum Gasteiger partial charge on any atom is 0.00461 e. The van der Waals surface area contributed by atoms with E-state index in [9.17, 15) is 0 Å². The molecule has 2 nitrogen and oxygen atoms in total. The highest BCUT2D eigenvalue weighted by Gasteiger charge is 1.68. The van der Waals surface area contributed by atoms with E-state index in [1.165, 1.54) is 0 Å². The zero-order valence-corrected chi connectivity index (χ0v) is 6.15. The smallest absolute Gasteiger partial charge is 0.00461 e. The average Bonchev–Trinajstić information content (AvgIpc) is 1.65. The van der Waals surface area contributed by atoms with E-state index in [0.717, 1.165) is 5.92 Å². The molecule has 0 atom stereocenters. The van der Waals surface area contributed by atoms with Crippen LogP contribution in [0.15, 0.2) is 0 Å². The standard InChI is InChI=1S/C4H10.C2H8N2/c1-4(2)3;3-1-2-4/h4H,1-3H3;1-4H2. The summed E-state index contributed by atoms with van der Waals surface area (Å²) in [5.74, 6) is 0.833. The summed E-state index contributed by atoms with van der Waals surface area (Å²) in [5.41, 5.74) is 9.81. The van der Waals surface area contributed by atoms with Gasteiger partial charge in [-0.15, -0.1) is 0 Å². The van der Waals surface area contributed by atoms with Crippen LogP contribution < -0.4 is 11.5 Å². The lowest BCUT2D eigenvalue weighted by atomic mass is 10.3. The van der Waals surface area contributed by atoms with Crippen LogP contribution in [0.5, 0.6) is 0 Å². The Hall–Kier alpha value is -0.0800. The molecule has 0 saturated carbocycles. The minimum atomic E-state index is 0.597. The summed E-state index contributed by atoms with van der Waals surface area (Å²) in [6.07, 6.45) is 0. The van der Waals surface area contributed by atoms with Gasteiger partial charge in [0.05, 0.1) is 0 Å². The molecule has 0 spiro atoms. The van der Waals surface area contributed by atoms with Crippen molar-refractivity contribution in [3.8, 4) is 0 Å². The van der Waals surface area contributed by atoms with Crippen LogP contribution in [-0.2, 0) is 0 Å². The molecular formula is C6H18N2. The van der Waals surface area contributed by atoms with Crippen LogP contribution in [-0.4, -0.2) is 13.1 Å². The van der Waals surface area contributed by atoms with Crippen molar-refractivity contribution in [2.24, 2.45) is 17.4 Å². The Morgan fingerprint density at radius 2 is 1.12 bits per heavy atom. The normalized spacial score (nSPS) is 8.25. The van der Waals surface area contributed by atoms with Crippen LogP contribution in [0.1, 0.15) is 20.8 Å². The summed E-state index contributed by atoms with van der Waals surface area (Å²) >= 11 is 0. The van der Waals surface area contributed by atoms with E-state index in [-0.39, 0.29) is 0 Å². The quantitative estimate of drug-likeness (QED) is 0.528. The molecule has 0 aromatic rings. The minimum Gasteiger partial charge on any atom is -0.329 e. The molecule has 0 amide bonds. The van der Waals surface area contributed by atoms with E-state index in [2.05, 4.69) is 20.8 Å². The van der Waals surface area contributed by atoms with Crippen LogP contribution in [0.25, 0.3) is 0 Å². The van der Waals surface area contributed by atoms with Crippen LogP contribution >= 0.6 is 0 Å². The first-order chi connectivity index (χ1) is 3.65. The highest BCUT2D eigenvalue weighted by molar-refractivity contribution is 4.26. The monoisotopic (exact) mass is 118 g/mol. The molecule has 0 aromatic carbocycles. The van der Waals surface area contributed by atoms with E-state index < -0.39 is 0 Å². The Bertz CT molecular complexity index is 23.0. The second-order valence-corrected chi connectivity index (χ2v) is 2.31. The third kappa shape index (κ3) is 169. The highest BCUT2D eigenvalue weighted by Crippen LogP contribution is 1.81. The van der Waals surface area contributed by atoms with Gasteiger partial charge in [0.2, 0.25) is 0 Å². The maximum absolute atomic E-state index is 4.90. The van der Waals surface area contributed by atoms with Crippen LogP contribution in [0.3, 0.4) is 0 Å². The van der Waals surface area contributed by atoms with Gasteiger partial charge in [0, 0.05) is 13.1 Å². The largest absolute Gasteiger partial charge is 0.329 e. The van der Waals surface area contributed by atoms with Crippen molar-refractivity contribution in [3.05, 3.63) is 0 Å². The van der Waals surface area contributed by atoms with E-state index in [1.54, 1.807) is 0 Å². The summed E-state index contributed by atoms with van der Waals surface area (Å²) in [4.78, 5) is 0. The third-order valence-electron chi connectivity index (χ3n) is 0.167. The molecule has 0 aliphatic carbocycles. The Kier molecular flexibility index (Phi) is 13.6. The van der Waals surface area contributed by atoms with Crippen molar-refractivity contribution in [3.63, 3.8) is 0 Å². The molecule has 0 unspecified atom stereocenters. The molecular weight excluding hydrogens is 100 g/mol. The first kappa shape index (κ1) is 10.8. The van der Waals surface area contributed by atoms with Gasteiger partial charge < -0.3 is 11.5 Å². The number of nitrogens with two attached hydrogens (primary N) is 2. The lowest BCUT2D eigenvalue weighted by molar-refractivity contribution is 0.737. The maximum atomic E-state index is 4.90. The number of hydrogen-bond donors (Lipinski definition) is 2. The van der Waals surface area contributed by atoms with Gasteiger partial charge in [0.25, 0.3) is 0 Å². The Balaban J connectivity index is 0. The lowest BCUT2D eigenvalue weighted by Crippen LogP contribution is -2.11. The van der Waals surface area contributed by atoms with Gasteiger partial charge in [0.1, 0.15) is 0 Å². The summed E-state index contributed by atoms with van der Waals surface area (Å²) in [6.45, 7) is 7.69. The van der Waals surface area contributed by atoms with Gasteiger partial charge in [-0.25, -0.2) is 0 Å². The molecule has 0 aromatic heterocycles. The highest BCUT2D eigenvalue weighted by atomic mass is 14.6. The van der Waals surface area contributed by atoms with Crippen LogP contribution in [0.4, 0.5) is 0 Å². The molecule has 0 bridgehead atoms. The van der Waals surface area contributed by atoms with Gasteiger partial charge >= 0.3 is 0 Å². The third-order valence-corrected chi connectivity index (χ3v) is 0.167. The number of hydrogen-bond acceptors (Lipinski definition) is 2. The van der Waals surface area contributed by atoms with E-state index >= 15 is 0 Å². The topological polar surface area (TPSA) is 52.0 Å². The Morgan fingerprint density at radius 1 is 1.00 bits per heavy atom. The SMILES string of the molecule is CC(C)C.NCCN. The van der Waals surface area contributed by atoms with Crippen molar-refractivity contribution in [2.45, 2.75) is 20.8 Å². The summed E-state index contributed by atoms with van der Waals surface area (Å²) < 4.78 is 0. The first-order valence-corrected chi connectivity index (χ1v) is 3.05. The molecule has 0 fully saturated rings. The zero-order valence-electron chi connectivity index (χ0n) is 6.15. The fourth-order valence-corrected chi connectivity index (χ4v) is 0. The van der Waals surface area contributed by atoms with Crippen molar-refractivity contribution < 1.29 is 0 Å².